The predicted molar refractivity (Wildman–Crippen MR) is 123 cm³/mol. The maximum absolute atomic E-state index is 13.1. The van der Waals surface area contributed by atoms with Crippen molar-refractivity contribution in [1.82, 2.24) is 4.90 Å². The molecule has 2 aromatic rings. The maximum atomic E-state index is 13.1. The molecule has 1 fully saturated rings. The number of para-hydroxylation sites is 1. The van der Waals surface area contributed by atoms with E-state index in [1.807, 2.05) is 48.5 Å². The van der Waals surface area contributed by atoms with Gasteiger partial charge in [0.25, 0.3) is 0 Å². The van der Waals surface area contributed by atoms with Crippen molar-refractivity contribution in [2.75, 3.05) is 23.7 Å². The molecule has 2 N–H and O–H groups in total. The molecule has 0 bridgehead atoms. The second kappa shape index (κ2) is 9.14. The van der Waals surface area contributed by atoms with Crippen molar-refractivity contribution in [3.05, 3.63) is 54.1 Å². The van der Waals surface area contributed by atoms with Gasteiger partial charge in [-0.3, -0.25) is 14.4 Å². The third-order valence-corrected chi connectivity index (χ3v) is 7.06. The molecule has 4 rings (SSSR count). The molecule has 2 heterocycles. The van der Waals surface area contributed by atoms with Gasteiger partial charge in [-0.25, -0.2) is 0 Å². The lowest BCUT2D eigenvalue weighted by Gasteiger charge is -2.35. The molecule has 7 heteroatoms. The number of likely N-dealkylation sites (tertiary alicyclic amines) is 1. The Morgan fingerprint density at radius 1 is 1.13 bits per heavy atom. The number of anilines is 2. The molecule has 0 radical (unpaired) electrons. The minimum Gasteiger partial charge on any atom is -0.340 e. The third kappa shape index (κ3) is 4.77. The number of nitrogens with one attached hydrogen (secondary N) is 2. The Morgan fingerprint density at radius 3 is 2.61 bits per heavy atom. The van der Waals surface area contributed by atoms with Gasteiger partial charge in [-0.2, -0.15) is 0 Å². The van der Waals surface area contributed by atoms with Crippen molar-refractivity contribution >= 4 is 40.9 Å². The lowest BCUT2D eigenvalue weighted by molar-refractivity contribution is -0.136. The van der Waals surface area contributed by atoms with Crippen LogP contribution in [0.15, 0.2) is 53.4 Å². The Balaban J connectivity index is 1.39. The number of nitrogens with zero attached hydrogens (tertiary/aromatic N) is 1. The number of carbonyl (C=O) groups excluding carboxylic acids is 3. The van der Waals surface area contributed by atoms with Crippen molar-refractivity contribution in [1.29, 1.82) is 0 Å². The molecule has 31 heavy (non-hydrogen) atoms. The molecular weight excluding hydrogens is 410 g/mol. The Morgan fingerprint density at radius 2 is 1.87 bits per heavy atom. The highest BCUT2D eigenvalue weighted by molar-refractivity contribution is 8.01. The van der Waals surface area contributed by atoms with Gasteiger partial charge in [0.05, 0.1) is 11.6 Å². The van der Waals surface area contributed by atoms with E-state index >= 15 is 0 Å². The first kappa shape index (κ1) is 21.4. The van der Waals surface area contributed by atoms with Crippen molar-refractivity contribution < 1.29 is 14.4 Å². The maximum Gasteiger partial charge on any atom is 0.247 e. The third-order valence-electron chi connectivity index (χ3n) is 5.80. The number of fused-ring (bicyclic) bond motifs is 1. The van der Waals surface area contributed by atoms with Gasteiger partial charge >= 0.3 is 0 Å². The van der Waals surface area contributed by atoms with Crippen LogP contribution in [0.5, 0.6) is 0 Å². The number of benzene rings is 2. The van der Waals surface area contributed by atoms with E-state index in [1.165, 1.54) is 17.3 Å². The van der Waals surface area contributed by atoms with Crippen LogP contribution in [0.2, 0.25) is 0 Å². The van der Waals surface area contributed by atoms with E-state index in [-0.39, 0.29) is 23.6 Å². The van der Waals surface area contributed by atoms with Gasteiger partial charge in [-0.05, 0) is 48.6 Å². The number of hydrogen-bond donors (Lipinski definition) is 2. The minimum absolute atomic E-state index is 0.0825. The van der Waals surface area contributed by atoms with Gasteiger partial charge in [-0.1, -0.05) is 38.1 Å². The molecule has 1 saturated heterocycles. The molecule has 0 aliphatic carbocycles. The van der Waals surface area contributed by atoms with Crippen LogP contribution in [0, 0.1) is 5.92 Å². The summed E-state index contributed by atoms with van der Waals surface area (Å²) in [6.07, 6.45) is 1.47. The molecule has 2 aromatic carbocycles. The van der Waals surface area contributed by atoms with Gasteiger partial charge in [0.1, 0.15) is 0 Å². The van der Waals surface area contributed by atoms with E-state index < -0.39 is 5.25 Å². The summed E-state index contributed by atoms with van der Waals surface area (Å²) in [5.41, 5.74) is 2.72. The van der Waals surface area contributed by atoms with Gasteiger partial charge in [0.2, 0.25) is 17.7 Å². The summed E-state index contributed by atoms with van der Waals surface area (Å²) in [4.78, 5) is 41.0. The summed E-state index contributed by atoms with van der Waals surface area (Å²) >= 11 is 1.28. The highest BCUT2D eigenvalue weighted by Gasteiger charge is 2.38. The second-order valence-electron chi connectivity index (χ2n) is 8.37. The van der Waals surface area contributed by atoms with Crippen molar-refractivity contribution in [2.45, 2.75) is 42.8 Å². The van der Waals surface area contributed by atoms with E-state index in [0.29, 0.717) is 19.0 Å². The lowest BCUT2D eigenvalue weighted by Crippen LogP contribution is -2.50. The number of rotatable bonds is 4. The molecule has 2 aliphatic heterocycles. The minimum atomic E-state index is -0.819. The van der Waals surface area contributed by atoms with Crippen LogP contribution < -0.4 is 10.6 Å². The average Bonchev–Trinajstić information content (AvgIpc) is 2.78. The second-order valence-corrected chi connectivity index (χ2v) is 9.52. The van der Waals surface area contributed by atoms with Crippen LogP contribution in [0.3, 0.4) is 0 Å². The van der Waals surface area contributed by atoms with E-state index in [4.69, 9.17) is 0 Å². The summed E-state index contributed by atoms with van der Waals surface area (Å²) in [6, 6.07) is 15.3. The summed E-state index contributed by atoms with van der Waals surface area (Å²) < 4.78 is 0. The number of carbonyl (C=O) groups is 3. The molecule has 162 valence electrons. The fourth-order valence-electron chi connectivity index (χ4n) is 3.97. The van der Waals surface area contributed by atoms with Crippen LogP contribution in [-0.2, 0) is 14.4 Å². The number of piperidine rings is 1. The fourth-order valence-corrected chi connectivity index (χ4v) is 5.04. The van der Waals surface area contributed by atoms with Crippen LogP contribution in [-0.4, -0.2) is 41.0 Å². The Labute approximate surface area is 186 Å². The van der Waals surface area contributed by atoms with Gasteiger partial charge in [0.15, 0.2) is 5.25 Å². The largest absolute Gasteiger partial charge is 0.340 e. The van der Waals surface area contributed by atoms with Crippen molar-refractivity contribution in [3.8, 4) is 0 Å². The lowest BCUT2D eigenvalue weighted by atomic mass is 9.96. The standard InChI is InChI=1S/C24H27N3O3S/c1-15(2)16-9-11-18(12-10-16)25-22(28)17-6-5-13-27(14-17)24(30)21-23(29)26-19-7-3-4-8-20(19)31-21/h3-4,7-12,15,17,21H,5-6,13-14H2,1-2H3,(H,25,28)(H,26,29)/t17-,21+/m0/s1. The first-order valence-electron chi connectivity index (χ1n) is 10.7. The first-order chi connectivity index (χ1) is 14.9. The molecule has 0 saturated carbocycles. The zero-order valence-electron chi connectivity index (χ0n) is 17.8. The molecule has 6 nitrogen and oxygen atoms in total. The topological polar surface area (TPSA) is 78.5 Å². The Kier molecular flexibility index (Phi) is 6.32. The van der Waals surface area contributed by atoms with Crippen molar-refractivity contribution in [3.63, 3.8) is 0 Å². The van der Waals surface area contributed by atoms with Crippen molar-refractivity contribution in [2.24, 2.45) is 5.92 Å². The zero-order valence-corrected chi connectivity index (χ0v) is 18.6. The summed E-state index contributed by atoms with van der Waals surface area (Å²) in [7, 11) is 0. The van der Waals surface area contributed by atoms with Gasteiger partial charge < -0.3 is 15.5 Å². The van der Waals surface area contributed by atoms with Gasteiger partial charge in [0, 0.05) is 23.7 Å². The number of thioether (sulfide) groups is 1. The molecule has 2 aliphatic rings. The summed E-state index contributed by atoms with van der Waals surface area (Å²) in [5, 5.41) is 4.98. The van der Waals surface area contributed by atoms with Crippen LogP contribution >= 0.6 is 11.8 Å². The summed E-state index contributed by atoms with van der Waals surface area (Å²) in [6.45, 7) is 5.16. The molecule has 3 amide bonds. The quantitative estimate of drug-likeness (QED) is 0.706. The Hall–Kier alpha value is -2.80. The monoisotopic (exact) mass is 437 g/mol. The highest BCUT2D eigenvalue weighted by atomic mass is 32.2. The molecular formula is C24H27N3O3S. The smallest absolute Gasteiger partial charge is 0.247 e. The zero-order chi connectivity index (χ0) is 22.0. The van der Waals surface area contributed by atoms with E-state index in [9.17, 15) is 14.4 Å². The van der Waals surface area contributed by atoms with E-state index in [1.54, 1.807) is 4.90 Å². The number of hydrogen-bond acceptors (Lipinski definition) is 4. The van der Waals surface area contributed by atoms with Crippen LogP contribution in [0.4, 0.5) is 11.4 Å². The van der Waals surface area contributed by atoms with Gasteiger partial charge in [-0.15, -0.1) is 11.8 Å². The van der Waals surface area contributed by atoms with Crippen LogP contribution in [0.1, 0.15) is 38.2 Å². The highest BCUT2D eigenvalue weighted by Crippen LogP contribution is 2.36. The molecule has 2 atom stereocenters. The van der Waals surface area contributed by atoms with Crippen LogP contribution in [0.25, 0.3) is 0 Å². The fraction of sp³-hybridized carbons (Fsp3) is 0.375. The summed E-state index contributed by atoms with van der Waals surface area (Å²) in [5.74, 6) is -0.460. The van der Waals surface area contributed by atoms with E-state index in [2.05, 4.69) is 24.5 Å². The molecule has 0 aromatic heterocycles. The number of amides is 3. The molecule has 0 unspecified atom stereocenters. The average molecular weight is 438 g/mol. The normalized spacial score (nSPS) is 20.7. The SMILES string of the molecule is CC(C)c1ccc(NC(=O)[C@H]2CCCN(C(=O)[C@@H]3Sc4ccccc4NC3=O)C2)cc1. The van der Waals surface area contributed by atoms with E-state index in [0.717, 1.165) is 29.1 Å². The first-order valence-corrected chi connectivity index (χ1v) is 11.6. The predicted octanol–water partition coefficient (Wildman–Crippen LogP) is 4.10. The Bertz CT molecular complexity index is 990. The molecule has 0 spiro atoms.